The molecule has 1 atom stereocenters. The summed E-state index contributed by atoms with van der Waals surface area (Å²) in [6.07, 6.45) is 8.12. The van der Waals surface area contributed by atoms with Crippen LogP contribution in [0.4, 0.5) is 0 Å². The molecular formula is C23H31N3O3. The van der Waals surface area contributed by atoms with Crippen molar-refractivity contribution in [2.24, 2.45) is 23.2 Å². The first-order valence-corrected chi connectivity index (χ1v) is 10.8. The molecule has 0 radical (unpaired) electrons. The Morgan fingerprint density at radius 1 is 0.931 bits per heavy atom. The highest BCUT2D eigenvalue weighted by Crippen LogP contribution is 2.61. The van der Waals surface area contributed by atoms with Crippen molar-refractivity contribution in [1.29, 1.82) is 0 Å². The van der Waals surface area contributed by atoms with Gasteiger partial charge in [0, 0.05) is 13.3 Å². The average molecular weight is 398 g/mol. The summed E-state index contributed by atoms with van der Waals surface area (Å²) >= 11 is 0. The maximum atomic E-state index is 12.6. The molecule has 1 unspecified atom stereocenters. The van der Waals surface area contributed by atoms with Gasteiger partial charge in [0.2, 0.25) is 17.7 Å². The van der Waals surface area contributed by atoms with Gasteiger partial charge in [-0.05, 0) is 67.3 Å². The highest BCUT2D eigenvalue weighted by molar-refractivity contribution is 5.83. The monoisotopic (exact) mass is 397 g/mol. The zero-order valence-corrected chi connectivity index (χ0v) is 17.1. The molecule has 3 amide bonds. The van der Waals surface area contributed by atoms with Gasteiger partial charge in [-0.15, -0.1) is 0 Å². The summed E-state index contributed by atoms with van der Waals surface area (Å²) in [6.45, 7) is 1.43. The number of nitrogens with one attached hydrogen (secondary N) is 3. The van der Waals surface area contributed by atoms with Crippen LogP contribution < -0.4 is 16.2 Å². The maximum absolute atomic E-state index is 12.6. The van der Waals surface area contributed by atoms with Crippen molar-refractivity contribution in [3.05, 3.63) is 35.9 Å². The molecule has 3 N–H and O–H groups in total. The minimum atomic E-state index is -0.422. The maximum Gasteiger partial charge on any atom is 0.240 e. The summed E-state index contributed by atoms with van der Waals surface area (Å²) in [6, 6.07) is 8.96. The molecular weight excluding hydrogens is 366 g/mol. The Morgan fingerprint density at radius 3 is 2.03 bits per heavy atom. The van der Waals surface area contributed by atoms with Gasteiger partial charge in [0.15, 0.2) is 0 Å². The lowest BCUT2D eigenvalue weighted by atomic mass is 9.49. The summed E-state index contributed by atoms with van der Waals surface area (Å²) in [5.74, 6) is 1.79. The first kappa shape index (κ1) is 19.9. The molecule has 156 valence electrons. The summed E-state index contributed by atoms with van der Waals surface area (Å²) in [5, 5.41) is 2.81. The first-order valence-electron chi connectivity index (χ1n) is 10.8. The standard InChI is InChI=1S/C23H31N3O3/c1-15(27)24-20(19-5-3-2-4-6-19)10-21(28)25-26-22(29)14-23-11-16-7-17(12-23)9-18(8-16)13-23/h2-6,16-18,20H,7-14H2,1H3,(H,24,27)(H,25,28)(H,26,29). The summed E-state index contributed by atoms with van der Waals surface area (Å²) in [4.78, 5) is 36.5. The fraction of sp³-hybridized carbons (Fsp3) is 0.609. The second kappa shape index (κ2) is 8.17. The molecule has 0 saturated heterocycles. The number of amides is 3. The van der Waals surface area contributed by atoms with Gasteiger partial charge in [0.1, 0.15) is 0 Å². The minimum absolute atomic E-state index is 0.0707. The molecule has 0 aromatic heterocycles. The lowest BCUT2D eigenvalue weighted by Crippen LogP contribution is -2.50. The Bertz CT molecular complexity index is 742. The van der Waals surface area contributed by atoms with Crippen LogP contribution in [0.1, 0.15) is 69.9 Å². The molecule has 1 aromatic rings. The van der Waals surface area contributed by atoms with E-state index >= 15 is 0 Å². The quantitative estimate of drug-likeness (QED) is 0.645. The Balaban J connectivity index is 1.28. The molecule has 4 bridgehead atoms. The number of hydrogen-bond donors (Lipinski definition) is 3. The highest BCUT2D eigenvalue weighted by Gasteiger charge is 2.51. The van der Waals surface area contributed by atoms with Crippen molar-refractivity contribution in [2.75, 3.05) is 0 Å². The number of hydrogen-bond acceptors (Lipinski definition) is 3. The van der Waals surface area contributed by atoms with Gasteiger partial charge in [-0.25, -0.2) is 0 Å². The molecule has 6 heteroatoms. The first-order chi connectivity index (χ1) is 13.9. The van der Waals surface area contributed by atoms with Crippen LogP contribution in [-0.2, 0) is 14.4 Å². The average Bonchev–Trinajstić information content (AvgIpc) is 2.65. The lowest BCUT2D eigenvalue weighted by molar-refractivity contribution is -0.134. The van der Waals surface area contributed by atoms with Crippen molar-refractivity contribution < 1.29 is 14.4 Å². The summed E-state index contributed by atoms with van der Waals surface area (Å²) in [5.41, 5.74) is 6.17. The van der Waals surface area contributed by atoms with Crippen molar-refractivity contribution in [3.63, 3.8) is 0 Å². The lowest BCUT2D eigenvalue weighted by Gasteiger charge is -2.56. The van der Waals surface area contributed by atoms with E-state index in [4.69, 9.17) is 0 Å². The molecule has 1 aromatic carbocycles. The molecule has 4 fully saturated rings. The fourth-order valence-corrected chi connectivity index (χ4v) is 6.45. The molecule has 4 aliphatic rings. The van der Waals surface area contributed by atoms with Crippen LogP contribution in [0, 0.1) is 23.2 Å². The van der Waals surface area contributed by atoms with Crippen LogP contribution in [0.15, 0.2) is 30.3 Å². The third-order valence-corrected chi connectivity index (χ3v) is 7.01. The Kier molecular flexibility index (Phi) is 5.61. The van der Waals surface area contributed by atoms with Gasteiger partial charge in [-0.1, -0.05) is 30.3 Å². The van der Waals surface area contributed by atoms with E-state index in [0.29, 0.717) is 6.42 Å². The predicted molar refractivity (Wildman–Crippen MR) is 109 cm³/mol. The van der Waals surface area contributed by atoms with Gasteiger partial charge in [-0.2, -0.15) is 0 Å². The Morgan fingerprint density at radius 2 is 1.48 bits per heavy atom. The number of benzene rings is 1. The number of carbonyl (C=O) groups excluding carboxylic acids is 3. The molecule has 29 heavy (non-hydrogen) atoms. The summed E-state index contributed by atoms with van der Waals surface area (Å²) in [7, 11) is 0. The van der Waals surface area contributed by atoms with E-state index in [1.807, 2.05) is 30.3 Å². The fourth-order valence-electron chi connectivity index (χ4n) is 6.45. The second-order valence-corrected chi connectivity index (χ2v) is 9.56. The highest BCUT2D eigenvalue weighted by atomic mass is 16.2. The van der Waals surface area contributed by atoms with E-state index in [0.717, 1.165) is 23.3 Å². The van der Waals surface area contributed by atoms with Gasteiger partial charge >= 0.3 is 0 Å². The smallest absolute Gasteiger partial charge is 0.240 e. The number of hydrazine groups is 1. The molecule has 4 aliphatic carbocycles. The topological polar surface area (TPSA) is 87.3 Å². The van der Waals surface area contributed by atoms with Gasteiger partial charge < -0.3 is 5.32 Å². The van der Waals surface area contributed by atoms with Crippen LogP contribution in [0.2, 0.25) is 0 Å². The zero-order chi connectivity index (χ0) is 20.4. The van der Waals surface area contributed by atoms with Crippen molar-refractivity contribution in [3.8, 4) is 0 Å². The van der Waals surface area contributed by atoms with Gasteiger partial charge in [0.05, 0.1) is 12.5 Å². The molecule has 0 spiro atoms. The van der Waals surface area contributed by atoms with E-state index in [9.17, 15) is 14.4 Å². The Hall–Kier alpha value is -2.37. The van der Waals surface area contributed by atoms with Crippen LogP contribution in [0.5, 0.6) is 0 Å². The number of carbonyl (C=O) groups is 3. The van der Waals surface area contributed by atoms with Crippen LogP contribution in [0.25, 0.3) is 0 Å². The molecule has 4 saturated carbocycles. The molecule has 0 heterocycles. The van der Waals surface area contributed by atoms with E-state index in [1.165, 1.54) is 45.4 Å². The van der Waals surface area contributed by atoms with Gasteiger partial charge in [0.25, 0.3) is 0 Å². The Labute approximate surface area is 172 Å². The van der Waals surface area contributed by atoms with E-state index in [2.05, 4.69) is 16.2 Å². The van der Waals surface area contributed by atoms with E-state index in [-0.39, 0.29) is 29.6 Å². The second-order valence-electron chi connectivity index (χ2n) is 9.56. The van der Waals surface area contributed by atoms with Crippen LogP contribution in [-0.4, -0.2) is 17.7 Å². The van der Waals surface area contributed by atoms with Gasteiger partial charge in [-0.3, -0.25) is 25.2 Å². The molecule has 0 aliphatic heterocycles. The van der Waals surface area contributed by atoms with Crippen LogP contribution in [0.3, 0.4) is 0 Å². The summed E-state index contributed by atoms with van der Waals surface area (Å²) < 4.78 is 0. The minimum Gasteiger partial charge on any atom is -0.349 e. The third-order valence-electron chi connectivity index (χ3n) is 7.01. The molecule has 5 rings (SSSR count). The normalized spacial score (nSPS) is 30.4. The number of rotatable bonds is 6. The van der Waals surface area contributed by atoms with E-state index < -0.39 is 6.04 Å². The van der Waals surface area contributed by atoms with Crippen LogP contribution >= 0.6 is 0 Å². The third kappa shape index (κ3) is 4.80. The van der Waals surface area contributed by atoms with Crippen molar-refractivity contribution >= 4 is 17.7 Å². The zero-order valence-electron chi connectivity index (χ0n) is 17.1. The molecule has 6 nitrogen and oxygen atoms in total. The van der Waals surface area contributed by atoms with Crippen molar-refractivity contribution in [1.82, 2.24) is 16.2 Å². The van der Waals surface area contributed by atoms with E-state index in [1.54, 1.807) is 0 Å². The van der Waals surface area contributed by atoms with Crippen molar-refractivity contribution in [2.45, 2.75) is 64.3 Å². The largest absolute Gasteiger partial charge is 0.349 e. The predicted octanol–water partition coefficient (Wildman–Crippen LogP) is 3.01. The SMILES string of the molecule is CC(=O)NC(CC(=O)NNC(=O)CC12CC3CC(CC(C3)C1)C2)c1ccccc1.